The Morgan fingerprint density at radius 1 is 1.35 bits per heavy atom. The maximum atomic E-state index is 12.1. The second-order valence-electron chi connectivity index (χ2n) is 4.13. The van der Waals surface area contributed by atoms with Gasteiger partial charge in [0.25, 0.3) is 5.91 Å². The summed E-state index contributed by atoms with van der Waals surface area (Å²) in [5.41, 5.74) is 7.41. The molecule has 2 rings (SSSR count). The number of nitrogen functional groups attached to an aromatic ring is 1. The van der Waals surface area contributed by atoms with Gasteiger partial charge in [-0.25, -0.2) is 0 Å². The van der Waals surface area contributed by atoms with Crippen LogP contribution in [0.2, 0.25) is 0 Å². The van der Waals surface area contributed by atoms with E-state index in [1.54, 1.807) is 32.2 Å². The molecule has 4 N–H and O–H groups in total. The number of nitrogens with zero attached hydrogens (tertiary/aromatic N) is 1. The van der Waals surface area contributed by atoms with Crippen molar-refractivity contribution in [2.24, 2.45) is 0 Å². The van der Waals surface area contributed by atoms with Crippen molar-refractivity contribution in [1.82, 2.24) is 10.2 Å². The van der Waals surface area contributed by atoms with Crippen LogP contribution in [0.15, 0.2) is 18.2 Å². The van der Waals surface area contributed by atoms with Crippen molar-refractivity contribution >= 4 is 17.3 Å². The first-order valence-electron chi connectivity index (χ1n) is 5.90. The number of hydrogen-bond donors (Lipinski definition) is 3. The Morgan fingerprint density at radius 2 is 2.10 bits per heavy atom. The first-order valence-corrected chi connectivity index (χ1v) is 5.90. The molecule has 1 aromatic heterocycles. The second kappa shape index (κ2) is 5.52. The third-order valence-electron chi connectivity index (χ3n) is 2.87. The number of nitrogens with one attached hydrogen (secondary N) is 2. The lowest BCUT2D eigenvalue weighted by atomic mass is 10.2. The Labute approximate surface area is 116 Å². The van der Waals surface area contributed by atoms with Gasteiger partial charge < -0.3 is 20.5 Å². The summed E-state index contributed by atoms with van der Waals surface area (Å²) in [7, 11) is 3.07. The minimum Gasteiger partial charge on any atom is -0.497 e. The number of aromatic amines is 1. The number of carbonyl (C=O) groups excluding carboxylic acids is 1. The topological polar surface area (TPSA) is 102 Å². The number of benzene rings is 1. The largest absolute Gasteiger partial charge is 0.497 e. The summed E-state index contributed by atoms with van der Waals surface area (Å²) in [5.74, 6) is 0.717. The first kappa shape index (κ1) is 13.7. The van der Waals surface area contributed by atoms with Gasteiger partial charge >= 0.3 is 0 Å². The maximum absolute atomic E-state index is 12.1. The molecule has 7 heteroatoms. The minimum absolute atomic E-state index is 0.153. The lowest BCUT2D eigenvalue weighted by Gasteiger charge is -2.11. The molecule has 0 saturated carbocycles. The van der Waals surface area contributed by atoms with Gasteiger partial charge in [-0.1, -0.05) is 0 Å². The summed E-state index contributed by atoms with van der Waals surface area (Å²) in [6, 6.07) is 5.08. The van der Waals surface area contributed by atoms with Crippen molar-refractivity contribution in [3.63, 3.8) is 0 Å². The molecule has 1 heterocycles. The first-order chi connectivity index (χ1) is 9.56. The Kier molecular flexibility index (Phi) is 3.79. The number of aromatic nitrogens is 2. The predicted molar refractivity (Wildman–Crippen MR) is 75.2 cm³/mol. The van der Waals surface area contributed by atoms with Crippen LogP contribution in [0.25, 0.3) is 0 Å². The van der Waals surface area contributed by atoms with Crippen molar-refractivity contribution in [2.45, 2.75) is 6.92 Å². The molecule has 0 unspecified atom stereocenters. The van der Waals surface area contributed by atoms with Gasteiger partial charge in [-0.3, -0.25) is 9.89 Å². The van der Waals surface area contributed by atoms with Gasteiger partial charge in [-0.05, 0) is 19.1 Å². The van der Waals surface area contributed by atoms with Gasteiger partial charge in [0.2, 0.25) is 0 Å². The average molecular weight is 276 g/mol. The molecule has 1 aromatic carbocycles. The number of hydrogen-bond acceptors (Lipinski definition) is 5. The molecule has 1 amide bonds. The molecular formula is C13H16N4O3. The van der Waals surface area contributed by atoms with Crippen LogP contribution in [0.4, 0.5) is 11.4 Å². The van der Waals surface area contributed by atoms with Gasteiger partial charge in [0.1, 0.15) is 11.5 Å². The minimum atomic E-state index is -0.407. The summed E-state index contributed by atoms with van der Waals surface area (Å²) in [4.78, 5) is 12.1. The van der Waals surface area contributed by atoms with E-state index in [0.717, 1.165) is 0 Å². The highest BCUT2D eigenvalue weighted by molar-refractivity contribution is 6.07. The van der Waals surface area contributed by atoms with Gasteiger partial charge in [0.15, 0.2) is 5.69 Å². The normalized spacial score (nSPS) is 10.2. The molecule has 0 saturated heterocycles. The van der Waals surface area contributed by atoms with E-state index < -0.39 is 5.91 Å². The Bertz CT molecular complexity index is 637. The highest BCUT2D eigenvalue weighted by Gasteiger charge is 2.17. The molecule has 2 aromatic rings. The molecule has 0 aliphatic carbocycles. The standard InChI is InChI=1S/C13H16N4O3/c1-7-11(14)12(17-16-7)13(18)15-9-5-4-8(19-2)6-10(9)20-3/h4-6H,14H2,1-3H3,(H,15,18)(H,16,17). The number of rotatable bonds is 4. The Morgan fingerprint density at radius 3 is 2.65 bits per heavy atom. The van der Waals surface area contributed by atoms with Crippen molar-refractivity contribution in [3.05, 3.63) is 29.6 Å². The number of aryl methyl sites for hydroxylation is 1. The van der Waals surface area contributed by atoms with E-state index >= 15 is 0 Å². The highest BCUT2D eigenvalue weighted by atomic mass is 16.5. The van der Waals surface area contributed by atoms with Crippen LogP contribution in [0, 0.1) is 6.92 Å². The van der Waals surface area contributed by atoms with Crippen molar-refractivity contribution in [3.8, 4) is 11.5 Å². The van der Waals surface area contributed by atoms with Crippen LogP contribution >= 0.6 is 0 Å². The summed E-state index contributed by atoms with van der Waals surface area (Å²) in [6.45, 7) is 1.74. The van der Waals surface area contributed by atoms with E-state index in [2.05, 4.69) is 15.5 Å². The molecule has 0 atom stereocenters. The molecule has 0 bridgehead atoms. The fourth-order valence-corrected chi connectivity index (χ4v) is 1.69. The average Bonchev–Trinajstić information content (AvgIpc) is 2.79. The summed E-state index contributed by atoms with van der Waals surface area (Å²) >= 11 is 0. The number of ether oxygens (including phenoxy) is 2. The fraction of sp³-hybridized carbons (Fsp3) is 0.231. The second-order valence-corrected chi connectivity index (χ2v) is 4.13. The molecule has 0 aliphatic rings. The number of anilines is 2. The van der Waals surface area contributed by atoms with Gasteiger partial charge in [-0.15, -0.1) is 0 Å². The number of amides is 1. The van der Waals surface area contributed by atoms with E-state index in [1.165, 1.54) is 7.11 Å². The van der Waals surface area contributed by atoms with Crippen LogP contribution in [0.3, 0.4) is 0 Å². The zero-order valence-electron chi connectivity index (χ0n) is 11.5. The van der Waals surface area contributed by atoms with Gasteiger partial charge in [0.05, 0.1) is 31.3 Å². The lowest BCUT2D eigenvalue weighted by Crippen LogP contribution is -2.15. The van der Waals surface area contributed by atoms with Crippen molar-refractivity contribution < 1.29 is 14.3 Å². The Balaban J connectivity index is 2.25. The third kappa shape index (κ3) is 2.51. The lowest BCUT2D eigenvalue weighted by molar-refractivity contribution is 0.102. The zero-order chi connectivity index (χ0) is 14.7. The molecule has 7 nitrogen and oxygen atoms in total. The smallest absolute Gasteiger partial charge is 0.278 e. The highest BCUT2D eigenvalue weighted by Crippen LogP contribution is 2.29. The number of carbonyl (C=O) groups is 1. The number of nitrogens with two attached hydrogens (primary N) is 1. The quantitative estimate of drug-likeness (QED) is 0.786. The van der Waals surface area contributed by atoms with E-state index in [4.69, 9.17) is 15.2 Å². The van der Waals surface area contributed by atoms with E-state index in [9.17, 15) is 4.79 Å². The SMILES string of the molecule is COc1ccc(NC(=O)c2n[nH]c(C)c2N)c(OC)c1. The molecule has 0 fully saturated rings. The van der Waals surface area contributed by atoms with Gasteiger partial charge in [-0.2, -0.15) is 5.10 Å². The fourth-order valence-electron chi connectivity index (χ4n) is 1.69. The van der Waals surface area contributed by atoms with Crippen LogP contribution in [0.1, 0.15) is 16.2 Å². The third-order valence-corrected chi connectivity index (χ3v) is 2.87. The summed E-state index contributed by atoms with van der Waals surface area (Å²) in [6.07, 6.45) is 0. The summed E-state index contributed by atoms with van der Waals surface area (Å²) < 4.78 is 10.3. The Hall–Kier alpha value is -2.70. The van der Waals surface area contributed by atoms with Crippen molar-refractivity contribution in [2.75, 3.05) is 25.3 Å². The van der Waals surface area contributed by atoms with Crippen LogP contribution < -0.4 is 20.5 Å². The predicted octanol–water partition coefficient (Wildman–Crippen LogP) is 1.57. The number of H-pyrrole nitrogens is 1. The van der Waals surface area contributed by atoms with E-state index in [0.29, 0.717) is 28.6 Å². The van der Waals surface area contributed by atoms with Crippen LogP contribution in [-0.4, -0.2) is 30.3 Å². The monoisotopic (exact) mass is 276 g/mol. The maximum Gasteiger partial charge on any atom is 0.278 e. The summed E-state index contributed by atoms with van der Waals surface area (Å²) in [5, 5.41) is 9.24. The molecular weight excluding hydrogens is 260 g/mol. The zero-order valence-corrected chi connectivity index (χ0v) is 11.5. The number of methoxy groups -OCH3 is 2. The molecule has 0 aliphatic heterocycles. The van der Waals surface area contributed by atoms with Crippen LogP contribution in [-0.2, 0) is 0 Å². The van der Waals surface area contributed by atoms with Crippen molar-refractivity contribution in [1.29, 1.82) is 0 Å². The molecule has 0 radical (unpaired) electrons. The van der Waals surface area contributed by atoms with E-state index in [1.807, 2.05) is 0 Å². The molecule has 106 valence electrons. The van der Waals surface area contributed by atoms with Gasteiger partial charge in [0, 0.05) is 6.07 Å². The van der Waals surface area contributed by atoms with E-state index in [-0.39, 0.29) is 5.69 Å². The van der Waals surface area contributed by atoms with Crippen LogP contribution in [0.5, 0.6) is 11.5 Å². The molecule has 0 spiro atoms. The molecule has 20 heavy (non-hydrogen) atoms.